The molecular weight excluding hydrogens is 198 g/mol. The molecule has 0 bridgehead atoms. The number of aromatic nitrogens is 2. The van der Waals surface area contributed by atoms with Crippen LogP contribution in [0.3, 0.4) is 0 Å². The number of rotatable bonds is 2. The Kier molecular flexibility index (Phi) is 3.28. The molecular formula is C13H19N3. The molecule has 1 aliphatic rings. The summed E-state index contributed by atoms with van der Waals surface area (Å²) in [5.41, 5.74) is 1.18. The maximum atomic E-state index is 9.20. The van der Waals surface area contributed by atoms with Crippen LogP contribution in [0, 0.1) is 30.1 Å². The number of aryl methyl sites for hydroxylation is 1. The normalized spacial score (nSPS) is 29.9. The molecule has 16 heavy (non-hydrogen) atoms. The Bertz CT molecular complexity index is 388. The summed E-state index contributed by atoms with van der Waals surface area (Å²) in [6.07, 6.45) is 8.49. The second-order valence-corrected chi connectivity index (χ2v) is 4.89. The molecule has 0 amide bonds. The fourth-order valence-corrected chi connectivity index (χ4v) is 2.66. The highest BCUT2D eigenvalue weighted by Crippen LogP contribution is 2.37. The summed E-state index contributed by atoms with van der Waals surface area (Å²) in [7, 11) is 0. The maximum absolute atomic E-state index is 9.20. The molecule has 0 N–H and O–H groups in total. The van der Waals surface area contributed by atoms with E-state index < -0.39 is 0 Å². The zero-order valence-electron chi connectivity index (χ0n) is 10.1. The zero-order chi connectivity index (χ0) is 11.5. The highest BCUT2D eigenvalue weighted by molar-refractivity contribution is 5.03. The third-order valence-corrected chi connectivity index (χ3v) is 3.74. The number of hydrogen-bond donors (Lipinski definition) is 0. The quantitative estimate of drug-likeness (QED) is 0.764. The molecule has 3 heteroatoms. The molecule has 86 valence electrons. The van der Waals surface area contributed by atoms with E-state index in [9.17, 15) is 5.26 Å². The van der Waals surface area contributed by atoms with Crippen molar-refractivity contribution in [1.82, 2.24) is 9.78 Å². The van der Waals surface area contributed by atoms with Crippen LogP contribution in [0.2, 0.25) is 0 Å². The van der Waals surface area contributed by atoms with Crippen molar-refractivity contribution < 1.29 is 0 Å². The Morgan fingerprint density at radius 2 is 2.38 bits per heavy atom. The first-order chi connectivity index (χ1) is 7.74. The van der Waals surface area contributed by atoms with Gasteiger partial charge in [0.05, 0.1) is 24.2 Å². The molecule has 0 radical (unpaired) electrons. The first kappa shape index (κ1) is 11.2. The Hall–Kier alpha value is -1.30. The third kappa shape index (κ3) is 2.11. The Morgan fingerprint density at radius 3 is 2.94 bits per heavy atom. The molecule has 2 rings (SSSR count). The van der Waals surface area contributed by atoms with Crippen LogP contribution in [0.25, 0.3) is 0 Å². The highest BCUT2D eigenvalue weighted by Gasteiger charge is 2.31. The van der Waals surface area contributed by atoms with Gasteiger partial charge in [-0.3, -0.25) is 4.68 Å². The van der Waals surface area contributed by atoms with Gasteiger partial charge in [-0.25, -0.2) is 0 Å². The predicted molar refractivity (Wildman–Crippen MR) is 62.7 cm³/mol. The molecule has 1 aromatic heterocycles. The van der Waals surface area contributed by atoms with Crippen molar-refractivity contribution in [2.75, 3.05) is 0 Å². The van der Waals surface area contributed by atoms with Crippen molar-refractivity contribution in [2.45, 2.75) is 45.6 Å². The van der Waals surface area contributed by atoms with Crippen molar-refractivity contribution in [3.8, 4) is 6.07 Å². The van der Waals surface area contributed by atoms with Crippen LogP contribution in [0.15, 0.2) is 12.4 Å². The molecule has 0 saturated heterocycles. The van der Waals surface area contributed by atoms with Crippen molar-refractivity contribution in [3.05, 3.63) is 18.0 Å². The summed E-state index contributed by atoms with van der Waals surface area (Å²) in [6.45, 7) is 4.29. The average Bonchev–Trinajstić information content (AvgIpc) is 2.75. The first-order valence-corrected chi connectivity index (χ1v) is 6.15. The van der Waals surface area contributed by atoms with Crippen molar-refractivity contribution in [1.29, 1.82) is 5.26 Å². The fourth-order valence-electron chi connectivity index (χ4n) is 2.66. The minimum Gasteiger partial charge on any atom is -0.268 e. The van der Waals surface area contributed by atoms with Crippen LogP contribution in [0.4, 0.5) is 0 Å². The molecule has 1 saturated carbocycles. The van der Waals surface area contributed by atoms with Gasteiger partial charge in [0.15, 0.2) is 0 Å². The van der Waals surface area contributed by atoms with Gasteiger partial charge in [0.25, 0.3) is 0 Å². The van der Waals surface area contributed by atoms with Gasteiger partial charge in [-0.15, -0.1) is 0 Å². The minimum atomic E-state index is 0.141. The third-order valence-electron chi connectivity index (χ3n) is 3.74. The summed E-state index contributed by atoms with van der Waals surface area (Å²) < 4.78 is 2.00. The molecule has 3 nitrogen and oxygen atoms in total. The van der Waals surface area contributed by atoms with Gasteiger partial charge >= 0.3 is 0 Å². The Morgan fingerprint density at radius 1 is 1.56 bits per heavy atom. The molecule has 3 atom stereocenters. The van der Waals surface area contributed by atoms with Crippen LogP contribution in [-0.4, -0.2) is 9.78 Å². The largest absolute Gasteiger partial charge is 0.268 e. The summed E-state index contributed by atoms with van der Waals surface area (Å²) in [5, 5.41) is 13.6. The molecule has 0 aromatic carbocycles. The Labute approximate surface area is 97.1 Å². The molecule has 1 fully saturated rings. The monoisotopic (exact) mass is 217 g/mol. The molecule has 1 aliphatic carbocycles. The highest BCUT2D eigenvalue weighted by atomic mass is 15.3. The lowest BCUT2D eigenvalue weighted by Gasteiger charge is -2.32. The second kappa shape index (κ2) is 4.69. The van der Waals surface area contributed by atoms with Gasteiger partial charge in [-0.2, -0.15) is 10.4 Å². The number of hydrogen-bond acceptors (Lipinski definition) is 2. The van der Waals surface area contributed by atoms with Gasteiger partial charge in [-0.05, 0) is 37.7 Å². The van der Waals surface area contributed by atoms with Crippen molar-refractivity contribution in [3.63, 3.8) is 0 Å². The summed E-state index contributed by atoms with van der Waals surface area (Å²) >= 11 is 0. The van der Waals surface area contributed by atoms with Gasteiger partial charge in [0.1, 0.15) is 0 Å². The lowest BCUT2D eigenvalue weighted by Crippen LogP contribution is -2.27. The lowest BCUT2D eigenvalue weighted by molar-refractivity contribution is 0.203. The van der Waals surface area contributed by atoms with Crippen LogP contribution in [0.1, 0.15) is 44.2 Å². The van der Waals surface area contributed by atoms with E-state index in [1.54, 1.807) is 0 Å². The van der Waals surface area contributed by atoms with E-state index in [0.717, 1.165) is 18.8 Å². The summed E-state index contributed by atoms with van der Waals surface area (Å²) in [4.78, 5) is 0. The van der Waals surface area contributed by atoms with Crippen LogP contribution in [-0.2, 0) is 0 Å². The van der Waals surface area contributed by atoms with Gasteiger partial charge in [0, 0.05) is 6.20 Å². The predicted octanol–water partition coefficient (Wildman–Crippen LogP) is 3.08. The van der Waals surface area contributed by atoms with Crippen LogP contribution >= 0.6 is 0 Å². The standard InChI is InChI=1S/C13H19N3/c1-3-11-4-5-12(7-14)13(6-11)16-9-10(2)8-15-16/h8-9,11-13H,3-6H2,1-2H3. The average molecular weight is 217 g/mol. The van der Waals surface area contributed by atoms with E-state index >= 15 is 0 Å². The molecule has 3 unspecified atom stereocenters. The van der Waals surface area contributed by atoms with E-state index in [0.29, 0.717) is 0 Å². The van der Waals surface area contributed by atoms with Crippen molar-refractivity contribution in [2.24, 2.45) is 11.8 Å². The first-order valence-electron chi connectivity index (χ1n) is 6.15. The molecule has 1 heterocycles. The van der Waals surface area contributed by atoms with E-state index in [1.165, 1.54) is 18.4 Å². The Balaban J connectivity index is 2.18. The van der Waals surface area contributed by atoms with Crippen molar-refractivity contribution >= 4 is 0 Å². The summed E-state index contributed by atoms with van der Waals surface area (Å²) in [6, 6.07) is 2.73. The van der Waals surface area contributed by atoms with Crippen LogP contribution < -0.4 is 0 Å². The zero-order valence-corrected chi connectivity index (χ0v) is 10.1. The van der Waals surface area contributed by atoms with E-state index in [4.69, 9.17) is 0 Å². The fraction of sp³-hybridized carbons (Fsp3) is 0.692. The molecule has 1 aromatic rings. The lowest BCUT2D eigenvalue weighted by atomic mass is 9.78. The minimum absolute atomic E-state index is 0.141. The second-order valence-electron chi connectivity index (χ2n) is 4.89. The van der Waals surface area contributed by atoms with E-state index in [-0.39, 0.29) is 12.0 Å². The summed E-state index contributed by atoms with van der Waals surface area (Å²) in [5.74, 6) is 0.904. The number of nitriles is 1. The topological polar surface area (TPSA) is 41.6 Å². The molecule has 0 aliphatic heterocycles. The van der Waals surface area contributed by atoms with E-state index in [1.807, 2.05) is 17.8 Å². The number of nitrogens with zero attached hydrogens (tertiary/aromatic N) is 3. The van der Waals surface area contributed by atoms with Gasteiger partial charge < -0.3 is 0 Å². The SMILES string of the molecule is CCC1CCC(C#N)C(n2cc(C)cn2)C1. The van der Waals surface area contributed by atoms with Gasteiger partial charge in [0.2, 0.25) is 0 Å². The van der Waals surface area contributed by atoms with Crippen LogP contribution in [0.5, 0.6) is 0 Å². The smallest absolute Gasteiger partial charge is 0.0688 e. The van der Waals surface area contributed by atoms with Gasteiger partial charge in [-0.1, -0.05) is 13.3 Å². The van der Waals surface area contributed by atoms with E-state index in [2.05, 4.69) is 24.3 Å². The maximum Gasteiger partial charge on any atom is 0.0688 e. The molecule has 0 spiro atoms.